The van der Waals surface area contributed by atoms with Gasteiger partial charge in [-0.2, -0.15) is 4.98 Å². The summed E-state index contributed by atoms with van der Waals surface area (Å²) >= 11 is 0. The van der Waals surface area contributed by atoms with Crippen molar-refractivity contribution in [2.45, 2.75) is 6.92 Å². The highest BCUT2D eigenvalue weighted by Gasteiger charge is 2.06. The van der Waals surface area contributed by atoms with Gasteiger partial charge in [-0.3, -0.25) is 0 Å². The Morgan fingerprint density at radius 2 is 1.89 bits per heavy atom. The Kier molecular flexibility index (Phi) is 3.61. The molecule has 2 N–H and O–H groups in total. The van der Waals surface area contributed by atoms with Crippen molar-refractivity contribution in [3.63, 3.8) is 0 Å². The summed E-state index contributed by atoms with van der Waals surface area (Å²) in [6.45, 7) is 1.80. The number of carbonyl (C=O) groups excluding carboxylic acids is 1. The van der Waals surface area contributed by atoms with E-state index >= 15 is 0 Å². The van der Waals surface area contributed by atoms with Gasteiger partial charge in [-0.05, 0) is 31.2 Å². The van der Waals surface area contributed by atoms with Crippen LogP contribution in [0.2, 0.25) is 0 Å². The maximum Gasteiger partial charge on any atom is 0.337 e. The van der Waals surface area contributed by atoms with Crippen LogP contribution >= 0.6 is 0 Å². The fraction of sp³-hybridized carbons (Fsp3) is 0.154. The minimum Gasteiger partial charge on any atom is -0.465 e. The number of benzene rings is 1. The molecule has 6 heteroatoms. The number of carbonyl (C=O) groups is 1. The van der Waals surface area contributed by atoms with E-state index in [9.17, 15) is 4.79 Å². The van der Waals surface area contributed by atoms with Crippen LogP contribution in [0.15, 0.2) is 30.3 Å². The molecule has 0 amide bonds. The number of nitrogen functional groups attached to an aromatic ring is 1. The lowest BCUT2D eigenvalue weighted by atomic mass is 10.2. The number of esters is 1. The summed E-state index contributed by atoms with van der Waals surface area (Å²) in [7, 11) is 1.33. The number of nitrogens with zero attached hydrogens (tertiary/aromatic N) is 2. The zero-order chi connectivity index (χ0) is 13.8. The van der Waals surface area contributed by atoms with Crippen LogP contribution in [0.4, 0.5) is 5.82 Å². The van der Waals surface area contributed by atoms with Gasteiger partial charge in [-0.15, -0.1) is 0 Å². The van der Waals surface area contributed by atoms with Crippen LogP contribution in [0.1, 0.15) is 16.1 Å². The summed E-state index contributed by atoms with van der Waals surface area (Å²) in [6.07, 6.45) is 0. The average molecular weight is 259 g/mol. The first-order valence-corrected chi connectivity index (χ1v) is 5.56. The molecule has 0 aliphatic heterocycles. The van der Waals surface area contributed by atoms with Crippen molar-refractivity contribution in [3.05, 3.63) is 41.6 Å². The largest absolute Gasteiger partial charge is 0.465 e. The van der Waals surface area contributed by atoms with E-state index in [1.807, 2.05) is 0 Å². The van der Waals surface area contributed by atoms with Crippen molar-refractivity contribution in [2.75, 3.05) is 12.8 Å². The lowest BCUT2D eigenvalue weighted by Gasteiger charge is -2.06. The van der Waals surface area contributed by atoms with Crippen LogP contribution in [-0.2, 0) is 4.74 Å². The summed E-state index contributed by atoms with van der Waals surface area (Å²) in [5.74, 6) is 0.453. The topological polar surface area (TPSA) is 87.3 Å². The minimum atomic E-state index is -0.400. The van der Waals surface area contributed by atoms with Crippen molar-refractivity contribution < 1.29 is 14.3 Å². The number of rotatable bonds is 3. The smallest absolute Gasteiger partial charge is 0.337 e. The summed E-state index contributed by atoms with van der Waals surface area (Å²) < 4.78 is 10.1. The number of nitrogens with two attached hydrogens (primary N) is 1. The van der Waals surface area contributed by atoms with Gasteiger partial charge in [0, 0.05) is 11.8 Å². The Balaban J connectivity index is 2.17. The number of ether oxygens (including phenoxy) is 2. The third kappa shape index (κ3) is 3.19. The number of anilines is 1. The van der Waals surface area contributed by atoms with Crippen molar-refractivity contribution in [2.24, 2.45) is 0 Å². The Hall–Kier alpha value is -2.63. The van der Waals surface area contributed by atoms with Gasteiger partial charge in [0.2, 0.25) is 0 Å². The molecule has 0 aliphatic rings. The molecule has 1 heterocycles. The van der Waals surface area contributed by atoms with Gasteiger partial charge in [0.05, 0.1) is 12.7 Å². The Morgan fingerprint density at radius 1 is 1.21 bits per heavy atom. The maximum atomic E-state index is 11.3. The number of aromatic nitrogens is 2. The van der Waals surface area contributed by atoms with Crippen molar-refractivity contribution in [3.8, 4) is 11.8 Å². The molecular formula is C13H13N3O3. The molecule has 0 spiro atoms. The fourth-order valence-corrected chi connectivity index (χ4v) is 1.49. The molecule has 6 nitrogen and oxygen atoms in total. The molecule has 0 unspecified atom stereocenters. The van der Waals surface area contributed by atoms with E-state index in [0.717, 1.165) is 0 Å². The van der Waals surface area contributed by atoms with E-state index in [4.69, 9.17) is 10.5 Å². The summed E-state index contributed by atoms with van der Waals surface area (Å²) in [5.41, 5.74) is 6.76. The van der Waals surface area contributed by atoms with E-state index in [1.165, 1.54) is 7.11 Å². The molecule has 0 atom stereocenters. The van der Waals surface area contributed by atoms with E-state index in [1.54, 1.807) is 37.3 Å². The minimum absolute atomic E-state index is 0.170. The van der Waals surface area contributed by atoms with Gasteiger partial charge in [0.15, 0.2) is 0 Å². The third-order valence-corrected chi connectivity index (χ3v) is 2.34. The average Bonchev–Trinajstić information content (AvgIpc) is 2.37. The highest BCUT2D eigenvalue weighted by Crippen LogP contribution is 2.19. The van der Waals surface area contributed by atoms with Crippen LogP contribution < -0.4 is 10.5 Å². The van der Waals surface area contributed by atoms with Gasteiger partial charge < -0.3 is 15.2 Å². The monoisotopic (exact) mass is 259 g/mol. The molecule has 19 heavy (non-hydrogen) atoms. The van der Waals surface area contributed by atoms with Gasteiger partial charge in [0.1, 0.15) is 11.6 Å². The lowest BCUT2D eigenvalue weighted by molar-refractivity contribution is 0.0600. The second-order valence-corrected chi connectivity index (χ2v) is 3.83. The highest BCUT2D eigenvalue weighted by molar-refractivity contribution is 5.89. The summed E-state index contributed by atoms with van der Waals surface area (Å²) in [4.78, 5) is 19.3. The van der Waals surface area contributed by atoms with Gasteiger partial charge in [-0.25, -0.2) is 9.78 Å². The predicted molar refractivity (Wildman–Crippen MR) is 69.0 cm³/mol. The lowest BCUT2D eigenvalue weighted by Crippen LogP contribution is -2.01. The Labute approximate surface area is 110 Å². The van der Waals surface area contributed by atoms with E-state index < -0.39 is 5.97 Å². The predicted octanol–water partition coefficient (Wildman–Crippen LogP) is 1.95. The van der Waals surface area contributed by atoms with Gasteiger partial charge >= 0.3 is 12.0 Å². The molecule has 0 saturated carbocycles. The zero-order valence-electron chi connectivity index (χ0n) is 10.6. The fourth-order valence-electron chi connectivity index (χ4n) is 1.49. The Morgan fingerprint density at radius 3 is 2.47 bits per heavy atom. The van der Waals surface area contributed by atoms with Crippen LogP contribution in [0.3, 0.4) is 0 Å². The number of aryl methyl sites for hydroxylation is 1. The van der Waals surface area contributed by atoms with Crippen LogP contribution in [-0.4, -0.2) is 23.0 Å². The molecule has 2 rings (SSSR count). The molecule has 2 aromatic rings. The molecule has 0 saturated heterocycles. The van der Waals surface area contributed by atoms with Crippen molar-refractivity contribution >= 4 is 11.8 Å². The zero-order valence-corrected chi connectivity index (χ0v) is 10.6. The highest BCUT2D eigenvalue weighted by atomic mass is 16.5. The SMILES string of the molecule is COC(=O)c1ccc(Oc2nc(C)cc(N)n2)cc1. The summed E-state index contributed by atoms with van der Waals surface area (Å²) in [6, 6.07) is 8.28. The molecule has 0 bridgehead atoms. The number of hydrogen-bond acceptors (Lipinski definition) is 6. The quantitative estimate of drug-likeness (QED) is 0.847. The molecule has 98 valence electrons. The first-order valence-electron chi connectivity index (χ1n) is 5.56. The maximum absolute atomic E-state index is 11.3. The van der Waals surface area contributed by atoms with E-state index in [0.29, 0.717) is 22.8 Å². The second-order valence-electron chi connectivity index (χ2n) is 3.83. The van der Waals surface area contributed by atoms with Crippen molar-refractivity contribution in [1.82, 2.24) is 9.97 Å². The second kappa shape index (κ2) is 5.34. The van der Waals surface area contributed by atoms with E-state index in [2.05, 4.69) is 14.7 Å². The Bertz CT molecular complexity index is 576. The molecule has 0 fully saturated rings. The first-order chi connectivity index (χ1) is 9.08. The molecule has 0 aliphatic carbocycles. The number of methoxy groups -OCH3 is 1. The molecule has 0 radical (unpaired) electrons. The van der Waals surface area contributed by atoms with Crippen LogP contribution in [0, 0.1) is 6.92 Å². The number of hydrogen-bond donors (Lipinski definition) is 1. The first kappa shape index (κ1) is 12.8. The molecule has 1 aromatic carbocycles. The van der Waals surface area contributed by atoms with Crippen LogP contribution in [0.5, 0.6) is 11.8 Å². The normalized spacial score (nSPS) is 10.0. The van der Waals surface area contributed by atoms with Crippen molar-refractivity contribution in [1.29, 1.82) is 0 Å². The summed E-state index contributed by atoms with van der Waals surface area (Å²) in [5, 5.41) is 0. The molecule has 1 aromatic heterocycles. The van der Waals surface area contributed by atoms with Gasteiger partial charge in [-0.1, -0.05) is 0 Å². The standard InChI is InChI=1S/C13H13N3O3/c1-8-7-11(14)16-13(15-8)19-10-5-3-9(4-6-10)12(17)18-2/h3-7H,1-2H3,(H2,14,15,16). The van der Waals surface area contributed by atoms with E-state index in [-0.39, 0.29) is 6.01 Å². The van der Waals surface area contributed by atoms with Gasteiger partial charge in [0.25, 0.3) is 0 Å². The third-order valence-electron chi connectivity index (χ3n) is 2.34. The van der Waals surface area contributed by atoms with Crippen LogP contribution in [0.25, 0.3) is 0 Å². The molecular weight excluding hydrogens is 246 g/mol.